The Hall–Kier alpha value is -1.99. The fraction of sp³-hybridized carbons (Fsp3) is 0.692. The van der Waals surface area contributed by atoms with E-state index in [-0.39, 0.29) is 16.5 Å². The van der Waals surface area contributed by atoms with Crippen molar-refractivity contribution in [2.45, 2.75) is 234 Å². The van der Waals surface area contributed by atoms with Gasteiger partial charge in [0, 0.05) is 39.3 Å². The van der Waals surface area contributed by atoms with Crippen LogP contribution in [-0.2, 0) is 42.2 Å². The Morgan fingerprint density at radius 3 is 1.02 bits per heavy atom. The molecule has 2 aromatic rings. The number of hydrogen-bond acceptors (Lipinski definition) is 0. The van der Waals surface area contributed by atoms with Crippen molar-refractivity contribution in [1.82, 2.24) is 0 Å². The minimum Gasteiger partial charge on any atom is -0.493 e. The van der Waals surface area contributed by atoms with E-state index in [4.69, 9.17) is 0 Å². The van der Waals surface area contributed by atoms with Gasteiger partial charge in [0.1, 0.15) is 0 Å². The van der Waals surface area contributed by atoms with Gasteiger partial charge < -0.3 is 5.53 Å². The normalized spacial score (nSPS) is 12.8. The summed E-state index contributed by atoms with van der Waals surface area (Å²) in [6.07, 6.45) is 41.9. The summed E-state index contributed by atoms with van der Waals surface area (Å²) in [4.78, 5) is 0. The summed E-state index contributed by atoms with van der Waals surface area (Å²) in [6, 6.07) is 14.7. The molecule has 0 N–H and O–H groups in total. The van der Waals surface area contributed by atoms with E-state index < -0.39 is 0 Å². The van der Waals surface area contributed by atoms with E-state index in [1.807, 2.05) is 0 Å². The van der Waals surface area contributed by atoms with Crippen molar-refractivity contribution in [2.75, 3.05) is 0 Å². The molecule has 0 bridgehead atoms. The Labute approximate surface area is 351 Å². The summed E-state index contributed by atoms with van der Waals surface area (Å²) >= 11 is 0. The zero-order valence-electron chi connectivity index (χ0n) is 36.7. The molecule has 55 heavy (non-hydrogen) atoms. The van der Waals surface area contributed by atoms with Gasteiger partial charge in [0.15, 0.2) is 0 Å². The van der Waals surface area contributed by atoms with Crippen molar-refractivity contribution < 1.29 is 21.2 Å². The van der Waals surface area contributed by atoms with Gasteiger partial charge >= 0.3 is 0 Å². The van der Waals surface area contributed by atoms with Gasteiger partial charge in [-0.25, -0.2) is 4.70 Å². The molecule has 1 aliphatic rings. The van der Waals surface area contributed by atoms with Crippen molar-refractivity contribution in [2.24, 2.45) is 0 Å². The van der Waals surface area contributed by atoms with E-state index in [0.717, 1.165) is 56.3 Å². The first-order chi connectivity index (χ1) is 26.5. The zero-order valence-corrected chi connectivity index (χ0v) is 37.7. The van der Waals surface area contributed by atoms with Crippen LogP contribution in [0.5, 0.6) is 0 Å². The second-order valence-electron chi connectivity index (χ2n) is 17.0. The van der Waals surface area contributed by atoms with Crippen molar-refractivity contribution in [3.8, 4) is 0 Å². The first kappa shape index (κ1) is 49.2. The molecule has 3 heteroatoms. The van der Waals surface area contributed by atoms with Crippen LogP contribution in [0, 0.1) is 0 Å². The Balaban J connectivity index is 0.0000105. The van der Waals surface area contributed by atoms with Gasteiger partial charge in [-0.15, -0.1) is 0 Å². The summed E-state index contributed by atoms with van der Waals surface area (Å²) in [7, 11) is 0. The molecule has 2 nitrogen and oxygen atoms in total. The summed E-state index contributed by atoms with van der Waals surface area (Å²) in [5.41, 5.74) is 23.8. The molecular weight excluding hydrogens is 711 g/mol. The largest absolute Gasteiger partial charge is 0.493 e. The summed E-state index contributed by atoms with van der Waals surface area (Å²) < 4.78 is 1.60. The Morgan fingerprint density at radius 2 is 0.673 bits per heavy atom. The molecular formula is C52H84N2Ni. The van der Waals surface area contributed by atoms with Gasteiger partial charge in [-0.1, -0.05) is 182 Å². The van der Waals surface area contributed by atoms with E-state index in [0.29, 0.717) is 0 Å². The summed E-state index contributed by atoms with van der Waals surface area (Å²) in [5, 5.41) is 0. The van der Waals surface area contributed by atoms with E-state index in [1.54, 1.807) is 4.70 Å². The minimum absolute atomic E-state index is 0. The zero-order chi connectivity index (χ0) is 38.6. The molecule has 3 rings (SSSR count). The van der Waals surface area contributed by atoms with Crippen LogP contribution < -0.4 is 0 Å². The first-order valence-electron chi connectivity index (χ1n) is 23.7. The fourth-order valence-corrected chi connectivity index (χ4v) is 8.45. The molecule has 0 amide bonds. The van der Waals surface area contributed by atoms with Gasteiger partial charge in [-0.3, -0.25) is 0 Å². The van der Waals surface area contributed by atoms with Crippen LogP contribution in [0.25, 0.3) is 16.9 Å². The van der Waals surface area contributed by atoms with E-state index >= 15 is 0 Å². The second kappa shape index (κ2) is 31.1. The van der Waals surface area contributed by atoms with Crippen molar-refractivity contribution in [3.05, 3.63) is 87.0 Å². The fourth-order valence-electron chi connectivity index (χ4n) is 8.45. The second-order valence-corrected chi connectivity index (χ2v) is 17.0. The van der Waals surface area contributed by atoms with Gasteiger partial charge in [0.05, 0.1) is 0 Å². The maximum atomic E-state index is 12.3. The van der Waals surface area contributed by atoms with Gasteiger partial charge in [0.25, 0.3) is 0 Å². The smallest absolute Gasteiger partial charge is 0.210 e. The van der Waals surface area contributed by atoms with Gasteiger partial charge in [0.2, 0.25) is 11.4 Å². The third kappa shape index (κ3) is 19.3. The molecule has 1 heterocycles. The Morgan fingerprint density at radius 1 is 0.364 bits per heavy atom. The van der Waals surface area contributed by atoms with Crippen LogP contribution in [0.2, 0.25) is 0 Å². The molecule has 0 spiro atoms. The predicted molar refractivity (Wildman–Crippen MR) is 239 cm³/mol. The maximum Gasteiger partial charge on any atom is 0.210 e. The van der Waals surface area contributed by atoms with Crippen LogP contribution >= 0.6 is 0 Å². The average molecular weight is 796 g/mol. The molecule has 0 atom stereocenters. The monoisotopic (exact) mass is 795 g/mol. The summed E-state index contributed by atoms with van der Waals surface area (Å²) in [5.74, 6) is 0. The van der Waals surface area contributed by atoms with E-state index in [2.05, 4.69) is 77.1 Å². The van der Waals surface area contributed by atoms with Crippen molar-refractivity contribution in [3.63, 3.8) is 0 Å². The number of allylic oxidation sites excluding steroid dienone is 2. The Bertz CT molecular complexity index is 1320. The van der Waals surface area contributed by atoms with Crippen molar-refractivity contribution >= 4 is 11.4 Å². The van der Waals surface area contributed by atoms with Crippen LogP contribution in [0.3, 0.4) is 0 Å². The topological polar surface area (TPSA) is 25.3 Å². The molecule has 0 saturated heterocycles. The number of benzene rings is 2. The van der Waals surface area contributed by atoms with Crippen molar-refractivity contribution in [1.29, 1.82) is 0 Å². The molecule has 0 aromatic heterocycles. The first-order valence-corrected chi connectivity index (χ1v) is 23.7. The van der Waals surface area contributed by atoms with Crippen LogP contribution in [0.4, 0.5) is 0 Å². The number of unbranched alkanes of at least 4 members (excludes halogenated alkanes) is 21. The molecule has 0 radical (unpaired) electrons. The van der Waals surface area contributed by atoms with Crippen LogP contribution in [0.15, 0.2) is 48.0 Å². The van der Waals surface area contributed by atoms with E-state index in [1.165, 1.54) is 193 Å². The van der Waals surface area contributed by atoms with E-state index in [9.17, 15) is 5.53 Å². The predicted octanol–water partition coefficient (Wildman–Crippen LogP) is 17.3. The number of rotatable bonds is 33. The third-order valence-corrected chi connectivity index (χ3v) is 11.8. The SMILES string of the molecule is CCCCCCCCc1cc(CCCCCCCC)cc(C2=CC(CCCC)=C(c3cc(CCCCCCCC)cc(CCCCCCCC)c3)[N+]2=[N-])c1.[Ni]. The minimum atomic E-state index is 0. The average Bonchev–Trinajstić information content (AvgIpc) is 3.51. The molecule has 312 valence electrons. The molecule has 0 saturated carbocycles. The van der Waals surface area contributed by atoms with Gasteiger partial charge in [-0.05, 0) is 111 Å². The Kier molecular flexibility index (Phi) is 27.8. The van der Waals surface area contributed by atoms with Gasteiger partial charge in [-0.2, -0.15) is 0 Å². The maximum absolute atomic E-state index is 12.3. The molecule has 2 aromatic carbocycles. The van der Waals surface area contributed by atoms with Crippen LogP contribution in [0.1, 0.15) is 241 Å². The number of aryl methyl sites for hydroxylation is 4. The molecule has 1 aliphatic heterocycles. The van der Waals surface area contributed by atoms with Crippen LogP contribution in [-0.4, -0.2) is 4.70 Å². The quantitative estimate of drug-likeness (QED) is 0.0391. The third-order valence-electron chi connectivity index (χ3n) is 11.8. The standard InChI is InChI=1S/C52H84N2.Ni/c1-6-11-16-20-24-28-32-44-37-45(33-29-25-21-17-12-7-2)40-49(39-44)51-43-48(36-15-10-5)52(54(51)53)50-41-46(34-30-26-22-18-13-8-3)38-47(42-50)35-31-27-23-19-14-9-4;/h37-43H,6-36H2,1-5H3;. The molecule has 0 aliphatic carbocycles. The number of hydrogen-bond donors (Lipinski definition) is 0. The molecule has 0 fully saturated rings. The number of nitrogens with zero attached hydrogens (tertiary/aromatic N) is 2. The summed E-state index contributed by atoms with van der Waals surface area (Å²) in [6.45, 7) is 11.5. The molecule has 0 unspecified atom stereocenters.